The first-order chi connectivity index (χ1) is 18.7. The van der Waals surface area contributed by atoms with E-state index >= 15 is 8.78 Å². The molecule has 1 saturated carbocycles. The van der Waals surface area contributed by atoms with Gasteiger partial charge in [-0.3, -0.25) is 0 Å². The third-order valence-electron chi connectivity index (χ3n) is 6.70. The Morgan fingerprint density at radius 1 is 0.667 bits per heavy atom. The summed E-state index contributed by atoms with van der Waals surface area (Å²) >= 11 is 0. The van der Waals surface area contributed by atoms with Gasteiger partial charge in [-0.25, -0.2) is 22.4 Å². The number of carbonyl (C=O) groups is 1. The minimum absolute atomic E-state index is 0.0625. The van der Waals surface area contributed by atoms with Crippen LogP contribution in [0.1, 0.15) is 61.4 Å². The number of hydrogen-bond donors (Lipinski definition) is 0. The molecule has 0 aliphatic heterocycles. The summed E-state index contributed by atoms with van der Waals surface area (Å²) in [4.78, 5) is 12.4. The molecule has 1 aliphatic rings. The normalized spacial score (nSPS) is 17.1. The number of carbonyl (C=O) groups excluding carboxylic acids is 1. The van der Waals surface area contributed by atoms with Crippen LogP contribution in [0.2, 0.25) is 0 Å². The van der Waals surface area contributed by atoms with Crippen molar-refractivity contribution in [1.29, 1.82) is 0 Å². The van der Waals surface area contributed by atoms with E-state index in [1.54, 1.807) is 13.8 Å². The molecule has 208 valence electrons. The van der Waals surface area contributed by atoms with Crippen LogP contribution in [0.4, 0.5) is 26.3 Å². The van der Waals surface area contributed by atoms with E-state index in [2.05, 4.69) is 0 Å². The summed E-state index contributed by atoms with van der Waals surface area (Å²) in [6.45, 7) is 3.42. The topological polar surface area (TPSA) is 44.8 Å². The largest absolute Gasteiger partial charge is 0.491 e. The van der Waals surface area contributed by atoms with Gasteiger partial charge in [0, 0.05) is 11.1 Å². The second-order valence-corrected chi connectivity index (χ2v) is 9.05. The Balaban J connectivity index is 1.44. The van der Waals surface area contributed by atoms with Crippen molar-refractivity contribution in [3.63, 3.8) is 0 Å². The van der Waals surface area contributed by atoms with Crippen molar-refractivity contribution in [1.82, 2.24) is 0 Å². The number of benzene rings is 3. The fourth-order valence-corrected chi connectivity index (χ4v) is 4.76. The predicted molar refractivity (Wildman–Crippen MR) is 131 cm³/mol. The van der Waals surface area contributed by atoms with Crippen LogP contribution in [0.5, 0.6) is 11.5 Å². The molecule has 0 heterocycles. The van der Waals surface area contributed by atoms with Crippen molar-refractivity contribution in [3.05, 3.63) is 82.4 Å². The maximum atomic E-state index is 15.1. The quantitative estimate of drug-likeness (QED) is 0.211. The van der Waals surface area contributed by atoms with Gasteiger partial charge in [-0.1, -0.05) is 12.1 Å². The average molecular weight is 553 g/mol. The highest BCUT2D eigenvalue weighted by atomic mass is 19.2. The fourth-order valence-electron chi connectivity index (χ4n) is 4.76. The SMILES string of the molecule is CCOc1ccc(C(=O)OC2CCC(c3ccc(-c4ccc(OCC)c(F)c4F)c(F)c3F)CC2)c(F)c1F. The van der Waals surface area contributed by atoms with E-state index < -0.39 is 69.6 Å². The smallest absolute Gasteiger partial charge is 0.341 e. The van der Waals surface area contributed by atoms with Crippen LogP contribution in [0.15, 0.2) is 36.4 Å². The molecule has 4 nitrogen and oxygen atoms in total. The molecule has 3 aromatic carbocycles. The van der Waals surface area contributed by atoms with E-state index in [0.29, 0.717) is 12.8 Å². The monoisotopic (exact) mass is 552 g/mol. The highest BCUT2D eigenvalue weighted by Gasteiger charge is 2.30. The Morgan fingerprint density at radius 3 is 1.77 bits per heavy atom. The van der Waals surface area contributed by atoms with Crippen molar-refractivity contribution in [2.45, 2.75) is 51.6 Å². The number of esters is 1. The lowest BCUT2D eigenvalue weighted by Gasteiger charge is -2.29. The number of halogens is 6. The number of ether oxygens (including phenoxy) is 3. The van der Waals surface area contributed by atoms with E-state index in [9.17, 15) is 22.4 Å². The van der Waals surface area contributed by atoms with Crippen LogP contribution in [0.25, 0.3) is 11.1 Å². The zero-order valence-electron chi connectivity index (χ0n) is 21.3. The molecule has 3 aromatic rings. The molecule has 4 rings (SSSR count). The van der Waals surface area contributed by atoms with Crippen LogP contribution in [0.3, 0.4) is 0 Å². The van der Waals surface area contributed by atoms with Gasteiger partial charge in [-0.05, 0) is 75.3 Å². The summed E-state index contributed by atoms with van der Waals surface area (Å²) < 4.78 is 103. The molecule has 0 unspecified atom stereocenters. The van der Waals surface area contributed by atoms with E-state index in [1.165, 1.54) is 12.1 Å². The minimum Gasteiger partial charge on any atom is -0.491 e. The summed E-state index contributed by atoms with van der Waals surface area (Å²) in [5.74, 6) is -9.90. The Morgan fingerprint density at radius 2 is 1.18 bits per heavy atom. The van der Waals surface area contributed by atoms with Gasteiger partial charge in [0.05, 0.1) is 18.8 Å². The minimum atomic E-state index is -1.37. The fraction of sp³-hybridized carbons (Fsp3) is 0.345. The molecule has 0 amide bonds. The molecule has 1 aliphatic carbocycles. The van der Waals surface area contributed by atoms with Gasteiger partial charge >= 0.3 is 5.97 Å². The third kappa shape index (κ3) is 5.69. The first-order valence-corrected chi connectivity index (χ1v) is 12.6. The van der Waals surface area contributed by atoms with Crippen molar-refractivity contribution < 1.29 is 45.3 Å². The van der Waals surface area contributed by atoms with Crippen LogP contribution >= 0.6 is 0 Å². The maximum Gasteiger partial charge on any atom is 0.341 e. The van der Waals surface area contributed by atoms with Crippen molar-refractivity contribution in [2.24, 2.45) is 0 Å². The van der Waals surface area contributed by atoms with Gasteiger partial charge < -0.3 is 14.2 Å². The molecule has 1 fully saturated rings. The summed E-state index contributed by atoms with van der Waals surface area (Å²) in [6, 6.07) is 7.02. The summed E-state index contributed by atoms with van der Waals surface area (Å²) in [7, 11) is 0. The number of hydrogen-bond acceptors (Lipinski definition) is 4. The molecule has 0 N–H and O–H groups in total. The molecule has 0 aromatic heterocycles. The Labute approximate surface area is 221 Å². The van der Waals surface area contributed by atoms with Crippen LogP contribution in [-0.2, 0) is 4.74 Å². The molecule has 0 saturated heterocycles. The van der Waals surface area contributed by atoms with Crippen molar-refractivity contribution >= 4 is 5.97 Å². The molecular formula is C29H26F6O4. The molecule has 10 heteroatoms. The van der Waals surface area contributed by atoms with Crippen LogP contribution < -0.4 is 9.47 Å². The van der Waals surface area contributed by atoms with Gasteiger partial charge in [0.2, 0.25) is 11.6 Å². The zero-order chi connectivity index (χ0) is 28.3. The molecule has 0 atom stereocenters. The van der Waals surface area contributed by atoms with Gasteiger partial charge in [-0.15, -0.1) is 0 Å². The second-order valence-electron chi connectivity index (χ2n) is 9.05. The summed E-state index contributed by atoms with van der Waals surface area (Å²) in [5, 5.41) is 0. The van der Waals surface area contributed by atoms with Gasteiger partial charge in [-0.2, -0.15) is 8.78 Å². The lowest BCUT2D eigenvalue weighted by Crippen LogP contribution is -2.25. The average Bonchev–Trinajstić information content (AvgIpc) is 2.92. The predicted octanol–water partition coefficient (Wildman–Crippen LogP) is 7.87. The standard InChI is InChI=1S/C29H26F6O4/c1-3-37-21-13-11-19(25(32)27(21)34)18-10-9-17(23(30)24(18)31)15-5-7-16(8-6-15)39-29(36)20-12-14-22(38-4-2)28(35)26(20)33/h9-16H,3-8H2,1-2H3. The third-order valence-corrected chi connectivity index (χ3v) is 6.70. The van der Waals surface area contributed by atoms with Crippen LogP contribution in [0, 0.1) is 34.9 Å². The molecular weight excluding hydrogens is 526 g/mol. The Hall–Kier alpha value is -3.69. The van der Waals surface area contributed by atoms with Gasteiger partial charge in [0.25, 0.3) is 0 Å². The molecule has 0 bridgehead atoms. The highest BCUT2D eigenvalue weighted by Crippen LogP contribution is 2.39. The summed E-state index contributed by atoms with van der Waals surface area (Å²) in [5.41, 5.74) is -1.37. The lowest BCUT2D eigenvalue weighted by atomic mass is 9.82. The number of rotatable bonds is 8. The van der Waals surface area contributed by atoms with E-state index in [1.807, 2.05) is 0 Å². The molecule has 39 heavy (non-hydrogen) atoms. The lowest BCUT2D eigenvalue weighted by molar-refractivity contribution is 0.0188. The summed E-state index contributed by atoms with van der Waals surface area (Å²) in [6.07, 6.45) is 0.563. The zero-order valence-corrected chi connectivity index (χ0v) is 21.3. The van der Waals surface area contributed by atoms with E-state index in [-0.39, 0.29) is 43.1 Å². The highest BCUT2D eigenvalue weighted by molar-refractivity contribution is 5.90. The van der Waals surface area contributed by atoms with Crippen LogP contribution in [-0.4, -0.2) is 25.3 Å². The van der Waals surface area contributed by atoms with Crippen molar-refractivity contribution in [2.75, 3.05) is 13.2 Å². The maximum absolute atomic E-state index is 15.1. The first-order valence-electron chi connectivity index (χ1n) is 12.6. The van der Waals surface area contributed by atoms with E-state index in [4.69, 9.17) is 14.2 Å². The van der Waals surface area contributed by atoms with Gasteiger partial charge in [0.15, 0.2) is 34.8 Å². The Bertz CT molecular complexity index is 1370. The molecule has 0 radical (unpaired) electrons. The van der Waals surface area contributed by atoms with Crippen molar-refractivity contribution in [3.8, 4) is 22.6 Å². The van der Waals surface area contributed by atoms with Gasteiger partial charge in [0.1, 0.15) is 6.10 Å². The Kier molecular flexibility index (Phi) is 8.72. The second kappa shape index (κ2) is 12.0. The van der Waals surface area contributed by atoms with E-state index in [0.717, 1.165) is 24.3 Å². The molecule has 0 spiro atoms. The first kappa shape index (κ1) is 28.3.